The summed E-state index contributed by atoms with van der Waals surface area (Å²) in [7, 11) is 3.99. The van der Waals surface area contributed by atoms with E-state index in [4.69, 9.17) is 4.74 Å². The first-order valence-corrected chi connectivity index (χ1v) is 9.18. The van der Waals surface area contributed by atoms with E-state index in [9.17, 15) is 0 Å². The highest BCUT2D eigenvalue weighted by atomic mass is 16.5. The third-order valence-electron chi connectivity index (χ3n) is 4.82. The van der Waals surface area contributed by atoms with Crippen molar-refractivity contribution in [2.75, 3.05) is 40.4 Å². The monoisotopic (exact) mass is 335 g/mol. The van der Waals surface area contributed by atoms with E-state index in [1.54, 1.807) is 0 Å². The quantitative estimate of drug-likeness (QED) is 0.450. The standard InChI is InChI=1S/C18H33N5O/c1-16-20-10-13-23(16)11-5-4-9-21-18(19-2)22(3)12-6-17-7-14-24-15-8-17/h10,13,17H,4-9,11-12,14-15H2,1-3H3,(H,19,21). The summed E-state index contributed by atoms with van der Waals surface area (Å²) >= 11 is 0. The van der Waals surface area contributed by atoms with E-state index >= 15 is 0 Å². The van der Waals surface area contributed by atoms with Crippen LogP contribution in [-0.4, -0.2) is 60.8 Å². The molecule has 2 heterocycles. The predicted octanol–water partition coefficient (Wildman–Crippen LogP) is 2.30. The molecule has 1 aliphatic rings. The van der Waals surface area contributed by atoms with Gasteiger partial charge in [-0.15, -0.1) is 0 Å². The van der Waals surface area contributed by atoms with Gasteiger partial charge in [-0.1, -0.05) is 0 Å². The summed E-state index contributed by atoms with van der Waals surface area (Å²) in [6, 6.07) is 0. The Balaban J connectivity index is 1.59. The average Bonchev–Trinajstić information content (AvgIpc) is 3.02. The lowest BCUT2D eigenvalue weighted by molar-refractivity contribution is 0.0625. The number of nitrogens with zero attached hydrogens (tertiary/aromatic N) is 4. The Morgan fingerprint density at radius 1 is 1.42 bits per heavy atom. The Hall–Kier alpha value is -1.56. The molecule has 1 aliphatic heterocycles. The number of imidazole rings is 1. The maximum absolute atomic E-state index is 5.43. The number of aryl methyl sites for hydroxylation is 2. The molecule has 1 aromatic rings. The average molecular weight is 335 g/mol. The minimum Gasteiger partial charge on any atom is -0.381 e. The molecule has 0 unspecified atom stereocenters. The smallest absolute Gasteiger partial charge is 0.193 e. The number of aromatic nitrogens is 2. The van der Waals surface area contributed by atoms with E-state index in [0.717, 1.165) is 63.4 Å². The topological polar surface area (TPSA) is 54.7 Å². The van der Waals surface area contributed by atoms with Crippen LogP contribution in [0.1, 0.15) is 37.9 Å². The highest BCUT2D eigenvalue weighted by Gasteiger charge is 2.15. The molecule has 2 rings (SSSR count). The highest BCUT2D eigenvalue weighted by molar-refractivity contribution is 5.79. The molecule has 0 aliphatic carbocycles. The lowest BCUT2D eigenvalue weighted by Gasteiger charge is -2.26. The van der Waals surface area contributed by atoms with Crippen LogP contribution < -0.4 is 5.32 Å². The number of rotatable bonds is 8. The normalized spacial score (nSPS) is 16.4. The number of guanidine groups is 1. The first-order chi connectivity index (χ1) is 11.7. The molecular weight excluding hydrogens is 302 g/mol. The number of ether oxygens (including phenoxy) is 1. The van der Waals surface area contributed by atoms with Crippen LogP contribution in [0.25, 0.3) is 0 Å². The Kier molecular flexibility index (Phi) is 8.08. The second-order valence-electron chi connectivity index (χ2n) is 6.61. The summed E-state index contributed by atoms with van der Waals surface area (Å²) in [4.78, 5) is 10.9. The van der Waals surface area contributed by atoms with Gasteiger partial charge in [0, 0.05) is 59.3 Å². The van der Waals surface area contributed by atoms with Crippen LogP contribution in [0.2, 0.25) is 0 Å². The molecule has 0 amide bonds. The molecule has 1 fully saturated rings. The summed E-state index contributed by atoms with van der Waals surface area (Å²) in [6.45, 7) is 6.95. The zero-order chi connectivity index (χ0) is 17.2. The summed E-state index contributed by atoms with van der Waals surface area (Å²) < 4.78 is 7.63. The van der Waals surface area contributed by atoms with Crippen molar-refractivity contribution in [3.05, 3.63) is 18.2 Å². The Morgan fingerprint density at radius 3 is 2.88 bits per heavy atom. The number of hydrogen-bond acceptors (Lipinski definition) is 3. The summed E-state index contributed by atoms with van der Waals surface area (Å²) in [6.07, 6.45) is 9.81. The summed E-state index contributed by atoms with van der Waals surface area (Å²) in [5.74, 6) is 2.89. The minimum absolute atomic E-state index is 0.803. The van der Waals surface area contributed by atoms with Gasteiger partial charge in [0.2, 0.25) is 0 Å². The van der Waals surface area contributed by atoms with E-state index in [2.05, 4.69) is 31.8 Å². The number of hydrogen-bond donors (Lipinski definition) is 1. The predicted molar refractivity (Wildman–Crippen MR) is 98.3 cm³/mol. The molecule has 0 spiro atoms. The van der Waals surface area contributed by atoms with Crippen molar-refractivity contribution in [2.24, 2.45) is 10.9 Å². The van der Waals surface area contributed by atoms with Crippen molar-refractivity contribution in [1.29, 1.82) is 0 Å². The molecule has 6 nitrogen and oxygen atoms in total. The van der Waals surface area contributed by atoms with E-state index in [1.165, 1.54) is 19.3 Å². The second-order valence-corrected chi connectivity index (χ2v) is 6.61. The van der Waals surface area contributed by atoms with Crippen LogP contribution in [0.5, 0.6) is 0 Å². The van der Waals surface area contributed by atoms with Crippen LogP contribution in [0.4, 0.5) is 0 Å². The van der Waals surface area contributed by atoms with Crippen molar-refractivity contribution in [1.82, 2.24) is 19.8 Å². The summed E-state index contributed by atoms with van der Waals surface area (Å²) in [5.41, 5.74) is 0. The third-order valence-corrected chi connectivity index (χ3v) is 4.82. The van der Waals surface area contributed by atoms with Crippen molar-refractivity contribution in [2.45, 2.75) is 45.6 Å². The van der Waals surface area contributed by atoms with Crippen LogP contribution in [-0.2, 0) is 11.3 Å². The van der Waals surface area contributed by atoms with Crippen molar-refractivity contribution in [3.8, 4) is 0 Å². The third kappa shape index (κ3) is 6.15. The molecule has 1 N–H and O–H groups in total. The maximum atomic E-state index is 5.43. The van der Waals surface area contributed by atoms with Crippen LogP contribution in [0.3, 0.4) is 0 Å². The molecule has 6 heteroatoms. The number of unbranched alkanes of at least 4 members (excludes halogenated alkanes) is 1. The van der Waals surface area contributed by atoms with Crippen LogP contribution in [0.15, 0.2) is 17.4 Å². The number of aliphatic imine (C=N–C) groups is 1. The fraction of sp³-hybridized carbons (Fsp3) is 0.778. The second kappa shape index (κ2) is 10.3. The van der Waals surface area contributed by atoms with Crippen LogP contribution in [0, 0.1) is 12.8 Å². The Labute approximate surface area is 146 Å². The minimum atomic E-state index is 0.803. The molecule has 1 saturated heterocycles. The van der Waals surface area contributed by atoms with E-state index in [-0.39, 0.29) is 0 Å². The molecule has 0 aromatic carbocycles. The molecule has 0 bridgehead atoms. The van der Waals surface area contributed by atoms with E-state index in [0.29, 0.717) is 0 Å². The van der Waals surface area contributed by atoms with Gasteiger partial charge in [0.05, 0.1) is 0 Å². The zero-order valence-corrected chi connectivity index (χ0v) is 15.5. The maximum Gasteiger partial charge on any atom is 0.193 e. The van der Waals surface area contributed by atoms with Crippen molar-refractivity contribution >= 4 is 5.96 Å². The van der Waals surface area contributed by atoms with Crippen LogP contribution >= 0.6 is 0 Å². The first-order valence-electron chi connectivity index (χ1n) is 9.18. The number of nitrogens with one attached hydrogen (secondary N) is 1. The highest BCUT2D eigenvalue weighted by Crippen LogP contribution is 2.18. The molecule has 24 heavy (non-hydrogen) atoms. The lowest BCUT2D eigenvalue weighted by Crippen LogP contribution is -2.40. The molecule has 0 atom stereocenters. The van der Waals surface area contributed by atoms with Gasteiger partial charge in [-0.05, 0) is 44.9 Å². The van der Waals surface area contributed by atoms with Gasteiger partial charge in [-0.3, -0.25) is 4.99 Å². The first kappa shape index (κ1) is 18.8. The Morgan fingerprint density at radius 2 is 2.21 bits per heavy atom. The van der Waals surface area contributed by atoms with E-state index < -0.39 is 0 Å². The van der Waals surface area contributed by atoms with E-state index in [1.807, 2.05) is 26.4 Å². The van der Waals surface area contributed by atoms with Gasteiger partial charge in [0.25, 0.3) is 0 Å². The largest absolute Gasteiger partial charge is 0.381 e. The lowest BCUT2D eigenvalue weighted by atomic mass is 9.96. The Bertz CT molecular complexity index is 493. The van der Waals surface area contributed by atoms with Gasteiger partial charge >= 0.3 is 0 Å². The van der Waals surface area contributed by atoms with Gasteiger partial charge in [-0.25, -0.2) is 4.98 Å². The molecule has 136 valence electrons. The van der Waals surface area contributed by atoms with Gasteiger partial charge < -0.3 is 19.5 Å². The van der Waals surface area contributed by atoms with Gasteiger partial charge in [-0.2, -0.15) is 0 Å². The molecular formula is C18H33N5O. The van der Waals surface area contributed by atoms with Crippen molar-refractivity contribution < 1.29 is 4.74 Å². The SMILES string of the molecule is CN=C(NCCCCn1ccnc1C)N(C)CCC1CCOCC1. The molecule has 0 radical (unpaired) electrons. The van der Waals surface area contributed by atoms with Gasteiger partial charge in [0.15, 0.2) is 5.96 Å². The molecule has 1 aromatic heterocycles. The zero-order valence-electron chi connectivity index (χ0n) is 15.5. The molecule has 0 saturated carbocycles. The van der Waals surface area contributed by atoms with Gasteiger partial charge in [0.1, 0.15) is 5.82 Å². The van der Waals surface area contributed by atoms with Crippen molar-refractivity contribution in [3.63, 3.8) is 0 Å². The fourth-order valence-electron chi connectivity index (χ4n) is 3.15. The fourth-order valence-corrected chi connectivity index (χ4v) is 3.15. The summed E-state index contributed by atoms with van der Waals surface area (Å²) in [5, 5.41) is 3.48.